The minimum atomic E-state index is -2.24. The van der Waals surface area contributed by atoms with Crippen LogP contribution in [0.4, 0.5) is 0 Å². The van der Waals surface area contributed by atoms with E-state index in [1.807, 2.05) is 51.1 Å². The summed E-state index contributed by atoms with van der Waals surface area (Å²) in [6, 6.07) is 29.4. The second kappa shape index (κ2) is 13.0. The van der Waals surface area contributed by atoms with Crippen LogP contribution in [-0.2, 0) is 25.5 Å². The number of fused-ring (bicyclic) bond motifs is 3. The van der Waals surface area contributed by atoms with Gasteiger partial charge in [-0.1, -0.05) is 62.1 Å². The van der Waals surface area contributed by atoms with E-state index < -0.39 is 13.7 Å². The van der Waals surface area contributed by atoms with E-state index in [0.717, 1.165) is 22.0 Å². The van der Waals surface area contributed by atoms with Crippen molar-refractivity contribution in [1.29, 1.82) is 5.26 Å². The Labute approximate surface area is 283 Å². The van der Waals surface area contributed by atoms with Crippen LogP contribution in [0.2, 0.25) is 0 Å². The molecule has 0 unspecified atom stereocenters. The van der Waals surface area contributed by atoms with Crippen molar-refractivity contribution < 1.29 is 37.2 Å². The van der Waals surface area contributed by atoms with Gasteiger partial charge in [0.1, 0.15) is 11.7 Å². The van der Waals surface area contributed by atoms with Crippen LogP contribution in [-0.4, -0.2) is 20.2 Å². The molecule has 45 heavy (non-hydrogen) atoms. The topological polar surface area (TPSA) is 102 Å². The predicted molar refractivity (Wildman–Crippen MR) is 170 cm³/mol. The van der Waals surface area contributed by atoms with Crippen LogP contribution in [0.1, 0.15) is 51.6 Å². The molecular weight excluding hydrogens is 739 g/mol. The van der Waals surface area contributed by atoms with Crippen LogP contribution in [0.3, 0.4) is 0 Å². The fraction of sp³-hybridized carbons (Fsp3) is 0.162. The van der Waals surface area contributed by atoms with E-state index in [0.29, 0.717) is 39.4 Å². The Balaban J connectivity index is 0.000000249. The van der Waals surface area contributed by atoms with Gasteiger partial charge in [0.25, 0.3) is 5.89 Å². The molecule has 7 aromatic rings. The van der Waals surface area contributed by atoms with Gasteiger partial charge in [-0.3, -0.25) is 0 Å². The molecule has 0 saturated heterocycles. The maximum Gasteiger partial charge on any atom is 0.252 e. The van der Waals surface area contributed by atoms with Gasteiger partial charge in [0.2, 0.25) is 5.89 Å². The van der Waals surface area contributed by atoms with E-state index in [2.05, 4.69) is 38.4 Å². The van der Waals surface area contributed by atoms with Gasteiger partial charge in [0, 0.05) is 51.5 Å². The van der Waals surface area contributed by atoms with Crippen LogP contribution < -0.4 is 0 Å². The van der Waals surface area contributed by atoms with Crippen molar-refractivity contribution in [3.05, 3.63) is 120 Å². The zero-order valence-electron chi connectivity index (χ0n) is 30.5. The molecule has 0 fully saturated rings. The molecule has 0 amide bonds. The number of nitriles is 1. The van der Waals surface area contributed by atoms with E-state index in [4.69, 9.17) is 17.1 Å². The summed E-state index contributed by atoms with van der Waals surface area (Å²) in [6.07, 6.45) is 2.73. The average Bonchev–Trinajstić information content (AvgIpc) is 3.74. The molecule has 1 radical (unpaired) electrons. The second-order valence-electron chi connectivity index (χ2n) is 11.0. The van der Waals surface area contributed by atoms with Crippen molar-refractivity contribution in [2.24, 2.45) is 0 Å². The summed E-state index contributed by atoms with van der Waals surface area (Å²) in [4.78, 5) is 8.46. The zero-order valence-corrected chi connectivity index (χ0v) is 26.9. The van der Waals surface area contributed by atoms with E-state index in [1.165, 1.54) is 18.5 Å². The molecule has 3 aromatic carbocycles. The maximum absolute atomic E-state index is 9.76. The summed E-state index contributed by atoms with van der Waals surface area (Å²) in [6.45, 7) is 1.56. The van der Waals surface area contributed by atoms with Gasteiger partial charge >= 0.3 is 0 Å². The van der Waals surface area contributed by atoms with Crippen LogP contribution in [0.15, 0.2) is 94.0 Å². The van der Waals surface area contributed by atoms with Crippen molar-refractivity contribution in [1.82, 2.24) is 20.2 Å². The number of hydrogen-bond acceptors (Lipinski definition) is 7. The molecular formula is C37H29IrN5O2-2. The van der Waals surface area contributed by atoms with Gasteiger partial charge in [-0.2, -0.15) is 5.26 Å². The summed E-state index contributed by atoms with van der Waals surface area (Å²) >= 11 is 0. The van der Waals surface area contributed by atoms with Crippen molar-refractivity contribution in [2.75, 3.05) is 0 Å². The van der Waals surface area contributed by atoms with Crippen molar-refractivity contribution in [3.8, 4) is 40.0 Å². The third-order valence-corrected chi connectivity index (χ3v) is 6.77. The summed E-state index contributed by atoms with van der Waals surface area (Å²) in [5.41, 5.74) is 4.48. The molecule has 0 atom stereocenters. The van der Waals surface area contributed by atoms with Crippen molar-refractivity contribution >= 4 is 21.9 Å². The van der Waals surface area contributed by atoms with E-state index in [9.17, 15) is 5.26 Å². The Hall–Kier alpha value is -4.96. The number of aromatic nitrogens is 4. The van der Waals surface area contributed by atoms with Gasteiger partial charge in [-0.25, -0.2) is 0 Å². The van der Waals surface area contributed by atoms with Gasteiger partial charge in [0.15, 0.2) is 0 Å². The van der Waals surface area contributed by atoms with Crippen LogP contribution >= 0.6 is 0 Å². The number of rotatable bonds is 3. The van der Waals surface area contributed by atoms with Crippen molar-refractivity contribution in [3.63, 3.8) is 0 Å². The summed E-state index contributed by atoms with van der Waals surface area (Å²) < 4.78 is 56.6. The molecule has 0 N–H and O–H groups in total. The number of hydrogen-bond donors (Lipinski definition) is 0. The molecule has 4 aromatic heterocycles. The summed E-state index contributed by atoms with van der Waals surface area (Å²) in [7, 11) is 0. The molecule has 8 heteroatoms. The van der Waals surface area contributed by atoms with Crippen LogP contribution in [0.25, 0.3) is 55.9 Å². The van der Waals surface area contributed by atoms with Gasteiger partial charge in [-0.15, -0.1) is 64.3 Å². The molecule has 7 nitrogen and oxygen atoms in total. The molecule has 7 rings (SSSR count). The minimum absolute atomic E-state index is 0. The predicted octanol–water partition coefficient (Wildman–Crippen LogP) is 8.83. The largest absolute Gasteiger partial charge is 0.500 e. The van der Waals surface area contributed by atoms with Crippen LogP contribution in [0.5, 0.6) is 0 Å². The average molecular weight is 774 g/mol. The molecule has 0 saturated carbocycles. The first-order valence-corrected chi connectivity index (χ1v) is 13.7. The fourth-order valence-corrected chi connectivity index (χ4v) is 4.58. The smallest absolute Gasteiger partial charge is 0.252 e. The first kappa shape index (κ1) is 24.4. The van der Waals surface area contributed by atoms with E-state index >= 15 is 0 Å². The van der Waals surface area contributed by atoms with Gasteiger partial charge < -0.3 is 18.8 Å². The molecule has 0 aliphatic carbocycles. The quantitative estimate of drug-likeness (QED) is 0.166. The first-order chi connectivity index (χ1) is 23.6. The fourth-order valence-electron chi connectivity index (χ4n) is 4.58. The second-order valence-corrected chi connectivity index (χ2v) is 11.0. The Bertz CT molecular complexity index is 2340. The standard InChI is InChI=1S/C25H19N4O2.C12H10N.Ir/c1-14-8-11-19(27-13-14)18-7-5-6-16-17-10-9-15(12-26)20(22(17)30-21(16)18)23-28-29-24(31-23)25(2,3)4;1-10-7-8-12(13-9-10)11-5-3-2-4-6-11;/h5-6,8-11,13H,1-4H3;2-5,7-9H,1H3;/q2*-1;/i2*1D3;. The normalized spacial score (nSPS) is 13.6. The SMILES string of the molecule is [2H]C([2H])([2H])c1ccc(-c2[c-]ccc3c2oc2c(-c4nnc(C(C)(C)C)o4)c(C#N)ccc23)nc1.[2H]C([2H])([2H])c1ccc(-c2[c-]cccc2)nc1.[Ir]. The Kier molecular flexibility index (Phi) is 7.01. The summed E-state index contributed by atoms with van der Waals surface area (Å²) in [5, 5.41) is 19.7. The van der Waals surface area contributed by atoms with Crippen LogP contribution in [0, 0.1) is 37.2 Å². The number of furan rings is 1. The molecule has 225 valence electrons. The monoisotopic (exact) mass is 774 g/mol. The molecule has 0 spiro atoms. The molecule has 0 aliphatic rings. The molecule has 0 bridgehead atoms. The number of benzene rings is 3. The number of nitrogens with zero attached hydrogens (tertiary/aromatic N) is 5. The number of pyridine rings is 2. The third kappa shape index (κ3) is 6.46. The Morgan fingerprint density at radius 2 is 1.51 bits per heavy atom. The van der Waals surface area contributed by atoms with Gasteiger partial charge in [-0.05, 0) is 42.3 Å². The minimum Gasteiger partial charge on any atom is -0.500 e. The first-order valence-electron chi connectivity index (χ1n) is 16.7. The zero-order chi connectivity index (χ0) is 35.8. The van der Waals surface area contributed by atoms with E-state index in [-0.39, 0.29) is 42.5 Å². The Morgan fingerprint density at radius 3 is 2.11 bits per heavy atom. The maximum atomic E-state index is 9.76. The Morgan fingerprint density at radius 1 is 0.778 bits per heavy atom. The van der Waals surface area contributed by atoms with Gasteiger partial charge in [0.05, 0.1) is 16.7 Å². The third-order valence-electron chi connectivity index (χ3n) is 6.77. The number of aryl methyl sites for hydroxylation is 2. The summed E-state index contributed by atoms with van der Waals surface area (Å²) in [5.74, 6) is 0.656. The van der Waals surface area contributed by atoms with Crippen molar-refractivity contribution in [2.45, 2.75) is 39.9 Å². The molecule has 0 aliphatic heterocycles. The molecule has 4 heterocycles. The van der Waals surface area contributed by atoms with E-state index in [1.54, 1.807) is 36.4 Å².